The van der Waals surface area contributed by atoms with Gasteiger partial charge in [-0.25, -0.2) is 0 Å². The van der Waals surface area contributed by atoms with E-state index in [1.165, 1.54) is 43.9 Å². The second-order valence-electron chi connectivity index (χ2n) is 7.70. The van der Waals surface area contributed by atoms with E-state index < -0.39 is 0 Å². The zero-order chi connectivity index (χ0) is 19.1. The van der Waals surface area contributed by atoms with E-state index in [0.717, 1.165) is 31.1 Å². The Morgan fingerprint density at radius 2 is 1.96 bits per heavy atom. The first-order chi connectivity index (χ1) is 13.1. The molecule has 0 aromatic heterocycles. The zero-order valence-corrected chi connectivity index (χ0v) is 18.2. The molecule has 0 spiro atoms. The lowest BCUT2D eigenvalue weighted by atomic mass is 9.89. The zero-order valence-electron chi connectivity index (χ0n) is 16.6. The molecule has 0 radical (unpaired) electrons. The molecule has 1 saturated heterocycles. The predicted octanol–water partition coefficient (Wildman–Crippen LogP) is 3.33. The van der Waals surface area contributed by atoms with E-state index in [-0.39, 0.29) is 24.2 Å². The van der Waals surface area contributed by atoms with Crippen LogP contribution in [0.5, 0.6) is 0 Å². The van der Waals surface area contributed by atoms with Crippen LogP contribution in [0.15, 0.2) is 29.2 Å². The molecule has 1 unspecified atom stereocenters. The van der Waals surface area contributed by atoms with E-state index in [2.05, 4.69) is 17.6 Å². The molecule has 3 rings (SSSR count). The molecule has 2 fully saturated rings. The van der Waals surface area contributed by atoms with E-state index in [0.29, 0.717) is 23.3 Å². The number of rotatable bonds is 6. The van der Waals surface area contributed by atoms with Gasteiger partial charge in [-0.1, -0.05) is 31.4 Å². The maximum Gasteiger partial charge on any atom is 0.255 e. The third kappa shape index (κ3) is 6.68. The van der Waals surface area contributed by atoms with Crippen molar-refractivity contribution in [2.75, 3.05) is 31.9 Å². The number of hydrogen-bond donors (Lipinski definition) is 2. The number of halogens is 1. The van der Waals surface area contributed by atoms with Crippen molar-refractivity contribution in [3.05, 3.63) is 29.8 Å². The normalized spacial score (nSPS) is 20.3. The van der Waals surface area contributed by atoms with Crippen LogP contribution in [0, 0.1) is 5.92 Å². The van der Waals surface area contributed by atoms with E-state index in [4.69, 9.17) is 0 Å². The molecule has 2 amide bonds. The van der Waals surface area contributed by atoms with Crippen LogP contribution < -0.4 is 10.6 Å². The van der Waals surface area contributed by atoms with Gasteiger partial charge in [0.2, 0.25) is 5.91 Å². The summed E-state index contributed by atoms with van der Waals surface area (Å²) in [4.78, 5) is 28.0. The third-order valence-corrected chi connectivity index (χ3v) is 6.52. The number of amides is 2. The standard InChI is InChI=1S/C21H31N3O2S.ClH/c1-16-14-24(12-11-22-16)21(26)18-9-5-6-10-19(18)27-15-20(25)23-13-17-7-3-2-4-8-17;/h5-6,9-10,16-17,22H,2-4,7-8,11-15H2,1H3,(H,23,25);1H. The smallest absolute Gasteiger partial charge is 0.255 e. The average molecular weight is 426 g/mol. The van der Waals surface area contributed by atoms with Gasteiger partial charge < -0.3 is 15.5 Å². The van der Waals surface area contributed by atoms with E-state index >= 15 is 0 Å². The molecule has 1 atom stereocenters. The number of piperazine rings is 1. The predicted molar refractivity (Wildman–Crippen MR) is 117 cm³/mol. The lowest BCUT2D eigenvalue weighted by Crippen LogP contribution is -2.51. The number of carbonyl (C=O) groups excluding carboxylic acids is 2. The quantitative estimate of drug-likeness (QED) is 0.686. The summed E-state index contributed by atoms with van der Waals surface area (Å²) >= 11 is 1.46. The fraction of sp³-hybridized carbons (Fsp3) is 0.619. The number of nitrogens with zero attached hydrogens (tertiary/aromatic N) is 1. The van der Waals surface area contributed by atoms with Crippen molar-refractivity contribution in [1.82, 2.24) is 15.5 Å². The Bertz CT molecular complexity index is 652. The van der Waals surface area contributed by atoms with Crippen molar-refractivity contribution in [2.24, 2.45) is 5.92 Å². The highest BCUT2D eigenvalue weighted by atomic mass is 35.5. The summed E-state index contributed by atoms with van der Waals surface area (Å²) in [7, 11) is 0. The first-order valence-corrected chi connectivity index (χ1v) is 11.1. The maximum absolute atomic E-state index is 12.9. The first-order valence-electron chi connectivity index (χ1n) is 10.1. The molecule has 5 nitrogen and oxygen atoms in total. The molecule has 2 N–H and O–H groups in total. The third-order valence-electron chi connectivity index (χ3n) is 5.44. The molecule has 28 heavy (non-hydrogen) atoms. The van der Waals surface area contributed by atoms with Crippen LogP contribution in [0.4, 0.5) is 0 Å². The van der Waals surface area contributed by atoms with Gasteiger partial charge in [-0.15, -0.1) is 24.2 Å². The van der Waals surface area contributed by atoms with Gasteiger partial charge in [0.05, 0.1) is 11.3 Å². The Labute approximate surface area is 178 Å². The van der Waals surface area contributed by atoms with Crippen LogP contribution in [0.3, 0.4) is 0 Å². The molecule has 7 heteroatoms. The highest BCUT2D eigenvalue weighted by Crippen LogP contribution is 2.25. The highest BCUT2D eigenvalue weighted by molar-refractivity contribution is 8.00. The lowest BCUT2D eigenvalue weighted by molar-refractivity contribution is -0.118. The molecular formula is C21H32ClN3O2S. The molecule has 0 bridgehead atoms. The number of nitrogens with one attached hydrogen (secondary N) is 2. The Morgan fingerprint density at radius 1 is 1.21 bits per heavy atom. The monoisotopic (exact) mass is 425 g/mol. The number of benzene rings is 1. The van der Waals surface area contributed by atoms with Crippen LogP contribution in [0.25, 0.3) is 0 Å². The van der Waals surface area contributed by atoms with Crippen LogP contribution >= 0.6 is 24.2 Å². The summed E-state index contributed by atoms with van der Waals surface area (Å²) in [5.74, 6) is 1.11. The summed E-state index contributed by atoms with van der Waals surface area (Å²) in [5, 5.41) is 6.44. The van der Waals surface area contributed by atoms with Crippen LogP contribution in [0.2, 0.25) is 0 Å². The van der Waals surface area contributed by atoms with Crippen molar-refractivity contribution in [3.63, 3.8) is 0 Å². The topological polar surface area (TPSA) is 61.4 Å². The van der Waals surface area contributed by atoms with Crippen LogP contribution in [-0.2, 0) is 4.79 Å². The molecule has 156 valence electrons. The van der Waals surface area contributed by atoms with Crippen molar-refractivity contribution >= 4 is 36.0 Å². The maximum atomic E-state index is 12.9. The summed E-state index contributed by atoms with van der Waals surface area (Å²) in [6, 6.07) is 7.95. The molecular weight excluding hydrogens is 394 g/mol. The van der Waals surface area contributed by atoms with Crippen molar-refractivity contribution < 1.29 is 9.59 Å². The van der Waals surface area contributed by atoms with E-state index in [1.54, 1.807) is 0 Å². The first kappa shape index (κ1) is 23.0. The molecule has 1 saturated carbocycles. The van der Waals surface area contributed by atoms with Gasteiger partial charge in [0.15, 0.2) is 0 Å². The Morgan fingerprint density at radius 3 is 2.71 bits per heavy atom. The van der Waals surface area contributed by atoms with Gasteiger partial charge in [0.25, 0.3) is 5.91 Å². The number of thioether (sulfide) groups is 1. The molecule has 2 aliphatic rings. The van der Waals surface area contributed by atoms with Crippen LogP contribution in [0.1, 0.15) is 49.4 Å². The fourth-order valence-electron chi connectivity index (χ4n) is 3.90. The van der Waals surface area contributed by atoms with Gasteiger partial charge in [-0.2, -0.15) is 0 Å². The second-order valence-corrected chi connectivity index (χ2v) is 8.72. The number of hydrogen-bond acceptors (Lipinski definition) is 4. The SMILES string of the molecule is CC1CN(C(=O)c2ccccc2SCC(=O)NCC2CCCCC2)CCN1.Cl. The minimum absolute atomic E-state index is 0. The van der Waals surface area contributed by atoms with Crippen molar-refractivity contribution in [2.45, 2.75) is 50.0 Å². The molecule has 1 heterocycles. The van der Waals surface area contributed by atoms with Gasteiger partial charge in [-0.05, 0) is 37.8 Å². The summed E-state index contributed by atoms with van der Waals surface area (Å²) < 4.78 is 0. The number of carbonyl (C=O) groups is 2. The average Bonchev–Trinajstić information content (AvgIpc) is 2.71. The summed E-state index contributed by atoms with van der Waals surface area (Å²) in [6.45, 7) is 5.16. The Hall–Kier alpha value is -1.24. The fourth-order valence-corrected chi connectivity index (χ4v) is 4.77. The minimum atomic E-state index is 0. The second kappa shape index (κ2) is 11.7. The summed E-state index contributed by atoms with van der Waals surface area (Å²) in [5.41, 5.74) is 0.705. The van der Waals surface area contributed by atoms with Gasteiger partial charge in [0.1, 0.15) is 0 Å². The molecule has 1 aromatic rings. The Kier molecular flexibility index (Phi) is 9.62. The van der Waals surface area contributed by atoms with Crippen molar-refractivity contribution in [3.8, 4) is 0 Å². The minimum Gasteiger partial charge on any atom is -0.355 e. The Balaban J connectivity index is 0.00000280. The van der Waals surface area contributed by atoms with Gasteiger partial charge >= 0.3 is 0 Å². The van der Waals surface area contributed by atoms with Gasteiger partial charge in [-0.3, -0.25) is 9.59 Å². The highest BCUT2D eigenvalue weighted by Gasteiger charge is 2.23. The van der Waals surface area contributed by atoms with Crippen LogP contribution in [-0.4, -0.2) is 54.7 Å². The lowest BCUT2D eigenvalue weighted by Gasteiger charge is -2.32. The molecule has 1 aromatic carbocycles. The summed E-state index contributed by atoms with van der Waals surface area (Å²) in [6.07, 6.45) is 6.36. The van der Waals surface area contributed by atoms with Crippen molar-refractivity contribution in [1.29, 1.82) is 0 Å². The largest absolute Gasteiger partial charge is 0.355 e. The van der Waals surface area contributed by atoms with E-state index in [1.807, 2.05) is 29.2 Å². The molecule has 1 aliphatic carbocycles. The van der Waals surface area contributed by atoms with E-state index in [9.17, 15) is 9.59 Å². The molecule has 1 aliphatic heterocycles. The van der Waals surface area contributed by atoms with Gasteiger partial charge in [0, 0.05) is 37.1 Å².